The van der Waals surface area contributed by atoms with E-state index in [0.717, 1.165) is 26.3 Å². The number of carbonyl (C=O) groups excluding carboxylic acids is 1. The number of benzene rings is 1. The molecule has 0 spiro atoms. The second-order valence-corrected chi connectivity index (χ2v) is 7.89. The van der Waals surface area contributed by atoms with E-state index in [0.29, 0.717) is 18.5 Å². The van der Waals surface area contributed by atoms with Crippen LogP contribution in [0.2, 0.25) is 0 Å². The van der Waals surface area contributed by atoms with Gasteiger partial charge in [0.1, 0.15) is 0 Å². The highest BCUT2D eigenvalue weighted by atomic mass is 79.9. The monoisotopic (exact) mass is 481 g/mol. The van der Waals surface area contributed by atoms with E-state index in [1.54, 1.807) is 0 Å². The molecule has 1 fully saturated rings. The molecule has 1 aromatic rings. The number of carboxylic acid groups (broad SMARTS) is 1. The highest BCUT2D eigenvalue weighted by molar-refractivity contribution is 9.11. The molecule has 0 radical (unpaired) electrons. The van der Waals surface area contributed by atoms with E-state index in [2.05, 4.69) is 53.1 Å². The first-order valence-corrected chi connectivity index (χ1v) is 8.90. The van der Waals surface area contributed by atoms with E-state index in [1.165, 1.54) is 0 Å². The SMILES string of the molecule is O=C(CC1(C(=O)O)CCCC1)Nc1c(Br)cc(Br)cc1Br. The van der Waals surface area contributed by atoms with Crippen LogP contribution in [-0.4, -0.2) is 17.0 Å². The highest BCUT2D eigenvalue weighted by Crippen LogP contribution is 2.42. The van der Waals surface area contributed by atoms with Crippen LogP contribution in [0.4, 0.5) is 5.69 Å². The van der Waals surface area contributed by atoms with E-state index < -0.39 is 11.4 Å². The number of rotatable bonds is 4. The number of amides is 1. The minimum atomic E-state index is -0.904. The van der Waals surface area contributed by atoms with Crippen molar-refractivity contribution in [3.05, 3.63) is 25.6 Å². The topological polar surface area (TPSA) is 66.4 Å². The number of carboxylic acids is 1. The zero-order chi connectivity index (χ0) is 15.6. The molecule has 7 heteroatoms. The van der Waals surface area contributed by atoms with E-state index >= 15 is 0 Å². The van der Waals surface area contributed by atoms with E-state index in [9.17, 15) is 14.7 Å². The van der Waals surface area contributed by atoms with Gasteiger partial charge in [0.2, 0.25) is 5.91 Å². The molecule has 0 bridgehead atoms. The van der Waals surface area contributed by atoms with E-state index in [-0.39, 0.29) is 12.3 Å². The second-order valence-electron chi connectivity index (χ2n) is 5.26. The number of halogens is 3. The van der Waals surface area contributed by atoms with Gasteiger partial charge in [-0.2, -0.15) is 0 Å². The van der Waals surface area contributed by atoms with Crippen molar-refractivity contribution in [2.45, 2.75) is 32.1 Å². The molecule has 2 rings (SSSR count). The molecular weight excluding hydrogens is 470 g/mol. The molecule has 0 aliphatic heterocycles. The van der Waals surface area contributed by atoms with Crippen LogP contribution in [-0.2, 0) is 9.59 Å². The summed E-state index contributed by atoms with van der Waals surface area (Å²) in [6, 6.07) is 3.64. The first kappa shape index (κ1) is 17.0. The molecule has 4 nitrogen and oxygen atoms in total. The lowest BCUT2D eigenvalue weighted by atomic mass is 9.82. The molecule has 2 N–H and O–H groups in total. The van der Waals surface area contributed by atoms with Gasteiger partial charge < -0.3 is 10.4 Å². The second kappa shape index (κ2) is 6.79. The Morgan fingerprint density at radius 2 is 1.67 bits per heavy atom. The number of anilines is 1. The third kappa shape index (κ3) is 3.87. The van der Waals surface area contributed by atoms with Gasteiger partial charge in [-0.05, 0) is 56.8 Å². The van der Waals surface area contributed by atoms with Crippen LogP contribution >= 0.6 is 47.8 Å². The molecule has 114 valence electrons. The number of carbonyl (C=O) groups is 2. The Labute approximate surface area is 148 Å². The fourth-order valence-electron chi connectivity index (χ4n) is 2.67. The lowest BCUT2D eigenvalue weighted by Crippen LogP contribution is -2.32. The molecule has 0 aromatic heterocycles. The fourth-order valence-corrected chi connectivity index (χ4v) is 5.13. The van der Waals surface area contributed by atoms with E-state index in [1.807, 2.05) is 12.1 Å². The molecule has 1 aliphatic carbocycles. The maximum absolute atomic E-state index is 12.2. The van der Waals surface area contributed by atoms with Gasteiger partial charge in [0, 0.05) is 19.8 Å². The molecule has 21 heavy (non-hydrogen) atoms. The van der Waals surface area contributed by atoms with Crippen LogP contribution in [0.1, 0.15) is 32.1 Å². The number of hydrogen-bond acceptors (Lipinski definition) is 2. The average Bonchev–Trinajstić information content (AvgIpc) is 2.83. The lowest BCUT2D eigenvalue weighted by Gasteiger charge is -2.23. The molecule has 0 atom stereocenters. The molecule has 0 heterocycles. The maximum Gasteiger partial charge on any atom is 0.310 e. The minimum absolute atomic E-state index is 0.0112. The van der Waals surface area contributed by atoms with Crippen molar-refractivity contribution < 1.29 is 14.7 Å². The quantitative estimate of drug-likeness (QED) is 0.637. The Bertz CT molecular complexity index is 560. The molecule has 1 aliphatic rings. The molecule has 1 aromatic carbocycles. The highest BCUT2D eigenvalue weighted by Gasteiger charge is 2.43. The number of hydrogen-bond donors (Lipinski definition) is 2. The molecule has 1 saturated carbocycles. The van der Waals surface area contributed by atoms with Crippen LogP contribution in [0.25, 0.3) is 0 Å². The van der Waals surface area contributed by atoms with Crippen molar-refractivity contribution in [3.8, 4) is 0 Å². The Morgan fingerprint density at radius 3 is 2.14 bits per heavy atom. The third-order valence-corrected chi connectivity index (χ3v) is 5.49. The van der Waals surface area contributed by atoms with Gasteiger partial charge in [-0.1, -0.05) is 28.8 Å². The zero-order valence-electron chi connectivity index (χ0n) is 11.1. The van der Waals surface area contributed by atoms with Gasteiger partial charge in [-0.15, -0.1) is 0 Å². The van der Waals surface area contributed by atoms with Crippen molar-refractivity contribution in [1.82, 2.24) is 0 Å². The Balaban J connectivity index is 2.14. The number of aliphatic carboxylic acids is 1. The Kier molecular flexibility index (Phi) is 5.48. The summed E-state index contributed by atoms with van der Waals surface area (Å²) in [5.74, 6) is -1.15. The van der Waals surface area contributed by atoms with Crippen LogP contribution in [0.5, 0.6) is 0 Å². The molecule has 1 amide bonds. The summed E-state index contributed by atoms with van der Waals surface area (Å²) >= 11 is 10.1. The Hall–Kier alpha value is -0.400. The van der Waals surface area contributed by atoms with Gasteiger partial charge in [-0.3, -0.25) is 9.59 Å². The summed E-state index contributed by atoms with van der Waals surface area (Å²) in [7, 11) is 0. The summed E-state index contributed by atoms with van der Waals surface area (Å²) < 4.78 is 2.33. The van der Waals surface area contributed by atoms with Crippen LogP contribution in [0.15, 0.2) is 25.6 Å². The van der Waals surface area contributed by atoms with Crippen molar-refractivity contribution >= 4 is 65.4 Å². The smallest absolute Gasteiger partial charge is 0.310 e. The van der Waals surface area contributed by atoms with Gasteiger partial charge in [0.05, 0.1) is 11.1 Å². The predicted octanol–water partition coefficient (Wildman–Crippen LogP) is 4.95. The maximum atomic E-state index is 12.2. The van der Waals surface area contributed by atoms with Gasteiger partial charge >= 0.3 is 5.97 Å². The Morgan fingerprint density at radius 1 is 1.14 bits per heavy atom. The average molecular weight is 484 g/mol. The summed E-state index contributed by atoms with van der Waals surface area (Å²) in [5.41, 5.74) is -0.292. The van der Waals surface area contributed by atoms with Crippen LogP contribution < -0.4 is 5.32 Å². The van der Waals surface area contributed by atoms with Crippen LogP contribution in [0, 0.1) is 5.41 Å². The fraction of sp³-hybridized carbons (Fsp3) is 0.429. The van der Waals surface area contributed by atoms with Crippen molar-refractivity contribution in [2.24, 2.45) is 5.41 Å². The van der Waals surface area contributed by atoms with Gasteiger partial charge in [0.25, 0.3) is 0 Å². The minimum Gasteiger partial charge on any atom is -0.481 e. The summed E-state index contributed by atoms with van der Waals surface area (Å²) in [5, 5.41) is 12.2. The van der Waals surface area contributed by atoms with Crippen molar-refractivity contribution in [2.75, 3.05) is 5.32 Å². The van der Waals surface area contributed by atoms with E-state index in [4.69, 9.17) is 0 Å². The first-order valence-electron chi connectivity index (χ1n) is 6.52. The van der Waals surface area contributed by atoms with Crippen molar-refractivity contribution in [1.29, 1.82) is 0 Å². The summed E-state index contributed by atoms with van der Waals surface area (Å²) in [6.45, 7) is 0. The summed E-state index contributed by atoms with van der Waals surface area (Å²) in [4.78, 5) is 23.7. The third-order valence-electron chi connectivity index (χ3n) is 3.78. The van der Waals surface area contributed by atoms with Gasteiger partial charge in [-0.25, -0.2) is 0 Å². The molecule has 0 saturated heterocycles. The first-order chi connectivity index (χ1) is 9.84. The van der Waals surface area contributed by atoms with Crippen LogP contribution in [0.3, 0.4) is 0 Å². The zero-order valence-corrected chi connectivity index (χ0v) is 15.8. The predicted molar refractivity (Wildman–Crippen MR) is 91.3 cm³/mol. The normalized spacial score (nSPS) is 16.7. The standard InChI is InChI=1S/C14H14Br3NO3/c15-8-5-9(16)12(10(17)6-8)18-11(19)7-14(13(20)21)3-1-2-4-14/h5-6H,1-4,7H2,(H,18,19)(H,20,21). The lowest BCUT2D eigenvalue weighted by molar-refractivity contribution is -0.150. The number of nitrogens with one attached hydrogen (secondary N) is 1. The molecule has 0 unspecified atom stereocenters. The largest absolute Gasteiger partial charge is 0.481 e. The van der Waals surface area contributed by atoms with Crippen molar-refractivity contribution in [3.63, 3.8) is 0 Å². The molecular formula is C14H14Br3NO3. The van der Waals surface area contributed by atoms with Gasteiger partial charge in [0.15, 0.2) is 0 Å². The summed E-state index contributed by atoms with van der Waals surface area (Å²) in [6.07, 6.45) is 2.88.